The molecule has 2 N–H and O–H groups in total. The summed E-state index contributed by atoms with van der Waals surface area (Å²) in [5.41, 5.74) is -0.784. The molecule has 2 saturated heterocycles. The van der Waals surface area contributed by atoms with Crippen molar-refractivity contribution in [2.75, 3.05) is 6.61 Å². The zero-order valence-corrected chi connectivity index (χ0v) is 7.15. The first-order valence-corrected chi connectivity index (χ1v) is 4.19. The molecule has 4 nitrogen and oxygen atoms in total. The lowest BCUT2D eigenvalue weighted by Gasteiger charge is -2.31. The van der Waals surface area contributed by atoms with E-state index in [9.17, 15) is 0 Å². The third-order valence-corrected chi connectivity index (χ3v) is 2.84. The van der Waals surface area contributed by atoms with E-state index in [4.69, 9.17) is 12.3 Å². The summed E-state index contributed by atoms with van der Waals surface area (Å²) in [6.07, 6.45) is -1.26. The molecule has 0 unspecified atom stereocenters. The molecule has 0 amide bonds. The topological polar surface area (TPSA) is 58.9 Å². The first-order valence-electron chi connectivity index (χ1n) is 5.00. The van der Waals surface area contributed by atoms with E-state index < -0.39 is 17.8 Å². The van der Waals surface area contributed by atoms with Crippen molar-refractivity contribution in [2.24, 2.45) is 0 Å². The van der Waals surface area contributed by atoms with Gasteiger partial charge in [-0.3, -0.25) is 0 Å². The summed E-state index contributed by atoms with van der Waals surface area (Å²) in [4.78, 5) is 0. The quantitative estimate of drug-likeness (QED) is 0.599. The highest BCUT2D eigenvalue weighted by atomic mass is 16.6. The minimum atomic E-state index is -0.784. The van der Waals surface area contributed by atoms with Gasteiger partial charge in [-0.25, -0.2) is 0 Å². The fourth-order valence-corrected chi connectivity index (χ4v) is 2.01. The molecule has 2 aliphatic rings. The van der Waals surface area contributed by atoms with Gasteiger partial charge >= 0.3 is 0 Å². The zero-order chi connectivity index (χ0) is 10.3. The number of aliphatic hydroxyl groups is 2. The predicted octanol–water partition coefficient (Wildman–Crippen LogP) is -0.716. The Kier molecular flexibility index (Phi) is 1.27. The van der Waals surface area contributed by atoms with Crippen LogP contribution in [0, 0.1) is 0 Å². The molecule has 12 heavy (non-hydrogen) atoms. The van der Waals surface area contributed by atoms with Crippen LogP contribution < -0.4 is 0 Å². The van der Waals surface area contributed by atoms with Crippen molar-refractivity contribution in [1.82, 2.24) is 0 Å². The van der Waals surface area contributed by atoms with Crippen molar-refractivity contribution in [3.8, 4) is 0 Å². The number of hydrogen-bond donors (Lipinski definition) is 2. The first kappa shape index (κ1) is 6.32. The van der Waals surface area contributed by atoms with Gasteiger partial charge in [-0.2, -0.15) is 0 Å². The van der Waals surface area contributed by atoms with Crippen LogP contribution >= 0.6 is 0 Å². The lowest BCUT2D eigenvalue weighted by molar-refractivity contribution is -0.178. The molecule has 0 radical (unpaired) electrons. The molecule has 0 aromatic carbocycles. The molecule has 70 valence electrons. The molecular formula is C8H14O4. The van der Waals surface area contributed by atoms with Crippen molar-refractivity contribution in [3.63, 3.8) is 0 Å². The van der Waals surface area contributed by atoms with Crippen LogP contribution in [0.25, 0.3) is 0 Å². The number of ether oxygens (including phenoxy) is 2. The highest BCUT2D eigenvalue weighted by molar-refractivity contribution is 5.09. The molecule has 2 fully saturated rings. The minimum absolute atomic E-state index is 0.114. The summed E-state index contributed by atoms with van der Waals surface area (Å²) < 4.78 is 25.1. The molecule has 0 spiro atoms. The third kappa shape index (κ3) is 0.808. The molecule has 2 rings (SSSR count). The normalized spacial score (nSPS) is 56.7. The van der Waals surface area contributed by atoms with Crippen molar-refractivity contribution < 1.29 is 19.7 Å². The van der Waals surface area contributed by atoms with E-state index in [1.807, 2.05) is 6.92 Å². The van der Waals surface area contributed by atoms with Crippen LogP contribution in [-0.2, 0) is 9.47 Å². The standard InChI is InChI=1S/C8H14O4/c1-4-6-7(10)8(12-4,3-11-6)5(2)9/h4-7,9-10H,3H2,1-2H3/t4-,5-,6-,7-,8-/m0/s1/i9T,10T. The van der Waals surface area contributed by atoms with Gasteiger partial charge in [-0.15, -0.1) is 0 Å². The van der Waals surface area contributed by atoms with Crippen molar-refractivity contribution in [2.45, 2.75) is 43.9 Å². The van der Waals surface area contributed by atoms with E-state index in [2.05, 4.69) is 10.2 Å². The highest BCUT2D eigenvalue weighted by Crippen LogP contribution is 2.41. The van der Waals surface area contributed by atoms with Crippen molar-refractivity contribution in [1.29, 1.82) is 2.86 Å². The fourth-order valence-electron chi connectivity index (χ4n) is 2.01. The highest BCUT2D eigenvalue weighted by Gasteiger charge is 2.61. The Morgan fingerprint density at radius 2 is 2.58 bits per heavy atom. The van der Waals surface area contributed by atoms with Crippen LogP contribution in [0.5, 0.6) is 0 Å². The molecule has 2 bridgehead atoms. The number of hydrogen-bond acceptors (Lipinski definition) is 4. The van der Waals surface area contributed by atoms with E-state index in [1.165, 1.54) is 0 Å². The van der Waals surface area contributed by atoms with E-state index in [1.54, 1.807) is 6.92 Å². The lowest BCUT2D eigenvalue weighted by atomic mass is 9.93. The van der Waals surface area contributed by atoms with Crippen LogP contribution in [0.2, 0.25) is 0 Å². The monoisotopic (exact) mass is 178 g/mol. The number of rotatable bonds is 3. The zero-order valence-electron chi connectivity index (χ0n) is 9.15. The number of aliphatic hydroxyl groups excluding tert-OH is 2. The second-order valence-electron chi connectivity index (χ2n) is 3.62. The van der Waals surface area contributed by atoms with Crippen LogP contribution in [0.4, 0.5) is 0 Å². The van der Waals surface area contributed by atoms with Gasteiger partial charge in [0.05, 0.1) is 18.8 Å². The average molecular weight is 178 g/mol. The smallest absolute Gasteiger partial charge is 0.211 e. The van der Waals surface area contributed by atoms with Crippen molar-refractivity contribution >= 4 is 0 Å². The van der Waals surface area contributed by atoms with Gasteiger partial charge in [0.25, 0.3) is 0 Å². The Bertz CT molecular complexity index is 227. The average Bonchev–Trinajstić information content (AvgIpc) is 2.68. The number of fused-ring (bicyclic) bond motifs is 2. The van der Waals surface area contributed by atoms with E-state index in [-0.39, 0.29) is 12.2 Å². The molecule has 2 heterocycles. The van der Waals surface area contributed by atoms with Gasteiger partial charge < -0.3 is 19.7 Å². The molecule has 0 aliphatic carbocycles. The molecule has 0 saturated carbocycles. The third-order valence-electron chi connectivity index (χ3n) is 2.84. The van der Waals surface area contributed by atoms with Gasteiger partial charge in [0.2, 0.25) is 2.86 Å². The summed E-state index contributed by atoms with van der Waals surface area (Å²) in [6.45, 7) is 3.92. The Hall–Kier alpha value is -0.160. The Labute approximate surface area is 74.1 Å². The SMILES string of the molecule is [3H]O[C@@H](C)[C@]12CO[C@@H]([C@H](C)O1)[C@@H]2O[3H]. The van der Waals surface area contributed by atoms with Gasteiger partial charge in [-0.1, -0.05) is 0 Å². The summed E-state index contributed by atoms with van der Waals surface area (Å²) >= 11 is 0. The van der Waals surface area contributed by atoms with Crippen LogP contribution in [0.1, 0.15) is 13.8 Å². The second-order valence-corrected chi connectivity index (χ2v) is 3.62. The first-order chi connectivity index (χ1) is 6.65. The Balaban J connectivity index is 2.24. The summed E-state index contributed by atoms with van der Waals surface area (Å²) in [5, 5.41) is 9.15. The van der Waals surface area contributed by atoms with E-state index in [0.717, 1.165) is 0 Å². The summed E-state index contributed by atoms with van der Waals surface area (Å²) in [6, 6.07) is 0. The maximum Gasteiger partial charge on any atom is 0.211 e. The Morgan fingerprint density at radius 1 is 1.75 bits per heavy atom. The molecule has 0 aromatic rings. The molecule has 4 heteroatoms. The molecule has 5 atom stereocenters. The molecule has 2 aliphatic heterocycles. The second kappa shape index (κ2) is 2.42. The maximum absolute atomic E-state index is 7.01. The van der Waals surface area contributed by atoms with Gasteiger partial charge in [0, 0.05) is 0 Å². The van der Waals surface area contributed by atoms with Crippen molar-refractivity contribution in [3.05, 3.63) is 0 Å². The van der Waals surface area contributed by atoms with E-state index >= 15 is 0 Å². The summed E-state index contributed by atoms with van der Waals surface area (Å²) in [5.74, 6) is 0. The van der Waals surface area contributed by atoms with Crippen LogP contribution in [-0.4, -0.2) is 49.7 Å². The fraction of sp³-hybridized carbons (Fsp3) is 1.00. The molecule has 0 aromatic heterocycles. The maximum atomic E-state index is 7.01. The predicted molar refractivity (Wildman–Crippen MR) is 40.7 cm³/mol. The summed E-state index contributed by atoms with van der Waals surface area (Å²) in [7, 11) is 0. The van der Waals surface area contributed by atoms with Gasteiger partial charge in [0.1, 0.15) is 17.8 Å². The van der Waals surface area contributed by atoms with E-state index in [0.29, 0.717) is 6.61 Å². The lowest BCUT2D eigenvalue weighted by Crippen LogP contribution is -2.49. The Morgan fingerprint density at radius 3 is 3.17 bits per heavy atom. The van der Waals surface area contributed by atoms with Crippen LogP contribution in [0.3, 0.4) is 0 Å². The van der Waals surface area contributed by atoms with Crippen LogP contribution in [0.15, 0.2) is 0 Å². The van der Waals surface area contributed by atoms with Gasteiger partial charge in [-0.05, 0) is 13.8 Å². The molecular weight excluding hydrogens is 160 g/mol. The largest absolute Gasteiger partial charge is 0.390 e. The minimum Gasteiger partial charge on any atom is -0.390 e. The van der Waals surface area contributed by atoms with Gasteiger partial charge in [0.15, 0.2) is 0 Å².